The topological polar surface area (TPSA) is 59.6 Å². The van der Waals surface area contributed by atoms with Crippen LogP contribution in [0.25, 0.3) is 0 Å². The van der Waals surface area contributed by atoms with Gasteiger partial charge in [0.25, 0.3) is 0 Å². The Morgan fingerprint density at radius 3 is 2.16 bits per heavy atom. The SMILES string of the molecule is CCCOc1ccc(NC(=O)CNc2ccc(OC(C)C)cc2)cc1. The molecule has 0 aliphatic heterocycles. The van der Waals surface area contributed by atoms with E-state index in [1.807, 2.05) is 62.4 Å². The molecule has 2 aromatic rings. The van der Waals surface area contributed by atoms with Gasteiger partial charge in [0.1, 0.15) is 11.5 Å². The Morgan fingerprint density at radius 2 is 1.56 bits per heavy atom. The Bertz CT molecular complexity index is 652. The van der Waals surface area contributed by atoms with Gasteiger partial charge in [-0.05, 0) is 68.8 Å². The Balaban J connectivity index is 1.78. The third-order valence-electron chi connectivity index (χ3n) is 3.29. The van der Waals surface area contributed by atoms with Crippen molar-refractivity contribution in [2.45, 2.75) is 33.3 Å². The van der Waals surface area contributed by atoms with Crippen LogP contribution in [0.1, 0.15) is 27.2 Å². The maximum Gasteiger partial charge on any atom is 0.243 e. The lowest BCUT2D eigenvalue weighted by atomic mass is 10.3. The number of anilines is 2. The lowest BCUT2D eigenvalue weighted by Gasteiger charge is -2.11. The van der Waals surface area contributed by atoms with Crippen molar-refractivity contribution >= 4 is 17.3 Å². The molecular weight excluding hydrogens is 316 g/mol. The molecule has 0 atom stereocenters. The molecule has 2 aromatic carbocycles. The molecule has 5 nitrogen and oxygen atoms in total. The van der Waals surface area contributed by atoms with Gasteiger partial charge in [-0.25, -0.2) is 0 Å². The van der Waals surface area contributed by atoms with Gasteiger partial charge >= 0.3 is 0 Å². The van der Waals surface area contributed by atoms with Gasteiger partial charge in [-0.3, -0.25) is 4.79 Å². The molecule has 0 heterocycles. The smallest absolute Gasteiger partial charge is 0.243 e. The van der Waals surface area contributed by atoms with Gasteiger partial charge in [0.15, 0.2) is 0 Å². The first-order valence-electron chi connectivity index (χ1n) is 8.60. The second-order valence-corrected chi connectivity index (χ2v) is 5.97. The van der Waals surface area contributed by atoms with Crippen LogP contribution in [0, 0.1) is 0 Å². The highest BCUT2D eigenvalue weighted by atomic mass is 16.5. The maximum absolute atomic E-state index is 12.0. The molecule has 2 rings (SSSR count). The quantitative estimate of drug-likeness (QED) is 0.713. The Hall–Kier alpha value is -2.69. The molecule has 0 fully saturated rings. The third-order valence-corrected chi connectivity index (χ3v) is 3.29. The number of ether oxygens (including phenoxy) is 2. The predicted octanol–water partition coefficient (Wildman–Crippen LogP) is 4.31. The summed E-state index contributed by atoms with van der Waals surface area (Å²) < 4.78 is 11.1. The molecule has 2 N–H and O–H groups in total. The second-order valence-electron chi connectivity index (χ2n) is 5.97. The summed E-state index contributed by atoms with van der Waals surface area (Å²) in [6, 6.07) is 14.9. The van der Waals surface area contributed by atoms with E-state index in [0.717, 1.165) is 29.3 Å². The molecule has 0 aliphatic carbocycles. The normalized spacial score (nSPS) is 10.4. The standard InChI is InChI=1S/C20H26N2O3/c1-4-13-24-18-9-7-17(8-10-18)22-20(23)14-21-16-5-11-19(12-6-16)25-15(2)3/h5-12,15,21H,4,13-14H2,1-3H3,(H,22,23). The van der Waals surface area contributed by atoms with E-state index in [-0.39, 0.29) is 18.6 Å². The number of amides is 1. The van der Waals surface area contributed by atoms with E-state index in [1.54, 1.807) is 0 Å². The summed E-state index contributed by atoms with van der Waals surface area (Å²) in [5, 5.41) is 5.94. The zero-order valence-electron chi connectivity index (χ0n) is 15.0. The molecule has 0 unspecified atom stereocenters. The number of hydrogen-bond donors (Lipinski definition) is 2. The molecule has 0 saturated carbocycles. The fraction of sp³-hybridized carbons (Fsp3) is 0.350. The minimum atomic E-state index is -0.107. The number of nitrogens with one attached hydrogen (secondary N) is 2. The van der Waals surface area contributed by atoms with E-state index < -0.39 is 0 Å². The number of hydrogen-bond acceptors (Lipinski definition) is 4. The molecule has 134 valence electrons. The van der Waals surface area contributed by atoms with Gasteiger partial charge in [-0.1, -0.05) is 6.92 Å². The van der Waals surface area contributed by atoms with Crippen LogP contribution in [-0.4, -0.2) is 25.2 Å². The Labute approximate surface area is 149 Å². The number of benzene rings is 2. The van der Waals surface area contributed by atoms with Crippen molar-refractivity contribution in [1.29, 1.82) is 0 Å². The lowest BCUT2D eigenvalue weighted by molar-refractivity contribution is -0.114. The van der Waals surface area contributed by atoms with Crippen LogP contribution in [0.2, 0.25) is 0 Å². The summed E-state index contributed by atoms with van der Waals surface area (Å²) in [5.41, 5.74) is 1.62. The average molecular weight is 342 g/mol. The van der Waals surface area contributed by atoms with E-state index in [0.29, 0.717) is 6.61 Å². The zero-order chi connectivity index (χ0) is 18.1. The molecule has 0 aliphatic rings. The minimum Gasteiger partial charge on any atom is -0.494 e. The van der Waals surface area contributed by atoms with Crippen LogP contribution >= 0.6 is 0 Å². The second kappa shape index (κ2) is 9.57. The molecule has 0 spiro atoms. The van der Waals surface area contributed by atoms with Gasteiger partial charge in [0.05, 0.1) is 19.3 Å². The summed E-state index contributed by atoms with van der Waals surface area (Å²) in [5.74, 6) is 1.52. The summed E-state index contributed by atoms with van der Waals surface area (Å²) in [4.78, 5) is 12.0. The molecule has 5 heteroatoms. The first-order chi connectivity index (χ1) is 12.1. The van der Waals surface area contributed by atoms with Crippen LogP contribution in [0.5, 0.6) is 11.5 Å². The van der Waals surface area contributed by atoms with Crippen LogP contribution in [0.4, 0.5) is 11.4 Å². The largest absolute Gasteiger partial charge is 0.494 e. The van der Waals surface area contributed by atoms with E-state index in [2.05, 4.69) is 17.6 Å². The van der Waals surface area contributed by atoms with Crippen LogP contribution in [0.15, 0.2) is 48.5 Å². The van der Waals surface area contributed by atoms with Gasteiger partial charge in [-0.15, -0.1) is 0 Å². The maximum atomic E-state index is 12.0. The predicted molar refractivity (Wildman–Crippen MR) is 102 cm³/mol. The number of carbonyl (C=O) groups excluding carboxylic acids is 1. The van der Waals surface area contributed by atoms with Crippen LogP contribution < -0.4 is 20.1 Å². The first kappa shape index (κ1) is 18.6. The highest BCUT2D eigenvalue weighted by molar-refractivity contribution is 5.93. The fourth-order valence-electron chi connectivity index (χ4n) is 2.17. The van der Waals surface area contributed by atoms with Crippen molar-refractivity contribution in [2.24, 2.45) is 0 Å². The summed E-state index contributed by atoms with van der Waals surface area (Å²) >= 11 is 0. The number of rotatable bonds is 9. The molecule has 0 bridgehead atoms. The van der Waals surface area contributed by atoms with Gasteiger partial charge in [0.2, 0.25) is 5.91 Å². The van der Waals surface area contributed by atoms with Crippen molar-refractivity contribution < 1.29 is 14.3 Å². The van der Waals surface area contributed by atoms with Crippen molar-refractivity contribution in [2.75, 3.05) is 23.8 Å². The molecule has 0 radical (unpaired) electrons. The van der Waals surface area contributed by atoms with Crippen molar-refractivity contribution in [1.82, 2.24) is 0 Å². The molecule has 0 saturated heterocycles. The number of carbonyl (C=O) groups is 1. The molecular formula is C20H26N2O3. The monoisotopic (exact) mass is 342 g/mol. The Kier molecular flexibility index (Phi) is 7.14. The van der Waals surface area contributed by atoms with Crippen LogP contribution in [0.3, 0.4) is 0 Å². The third kappa shape index (κ3) is 6.75. The van der Waals surface area contributed by atoms with Crippen molar-refractivity contribution in [3.8, 4) is 11.5 Å². The zero-order valence-corrected chi connectivity index (χ0v) is 15.0. The van der Waals surface area contributed by atoms with Gasteiger partial charge < -0.3 is 20.1 Å². The summed E-state index contributed by atoms with van der Waals surface area (Å²) in [6.07, 6.45) is 1.11. The van der Waals surface area contributed by atoms with Gasteiger partial charge in [-0.2, -0.15) is 0 Å². The fourth-order valence-corrected chi connectivity index (χ4v) is 2.17. The van der Waals surface area contributed by atoms with E-state index in [4.69, 9.17) is 9.47 Å². The minimum absolute atomic E-state index is 0.107. The molecule has 25 heavy (non-hydrogen) atoms. The lowest BCUT2D eigenvalue weighted by Crippen LogP contribution is -2.21. The Morgan fingerprint density at radius 1 is 0.960 bits per heavy atom. The van der Waals surface area contributed by atoms with Crippen molar-refractivity contribution in [3.05, 3.63) is 48.5 Å². The molecule has 0 aromatic heterocycles. The van der Waals surface area contributed by atoms with Gasteiger partial charge in [0, 0.05) is 11.4 Å². The first-order valence-corrected chi connectivity index (χ1v) is 8.60. The highest BCUT2D eigenvalue weighted by Gasteiger charge is 2.04. The van der Waals surface area contributed by atoms with E-state index >= 15 is 0 Å². The highest BCUT2D eigenvalue weighted by Crippen LogP contribution is 2.17. The van der Waals surface area contributed by atoms with Crippen LogP contribution in [-0.2, 0) is 4.79 Å². The van der Waals surface area contributed by atoms with E-state index in [1.165, 1.54) is 0 Å². The summed E-state index contributed by atoms with van der Waals surface area (Å²) in [6.45, 7) is 6.92. The molecule has 1 amide bonds. The van der Waals surface area contributed by atoms with Crippen molar-refractivity contribution in [3.63, 3.8) is 0 Å². The van der Waals surface area contributed by atoms with E-state index in [9.17, 15) is 4.79 Å². The average Bonchev–Trinajstić information content (AvgIpc) is 2.60. The summed E-state index contributed by atoms with van der Waals surface area (Å²) in [7, 11) is 0.